The minimum Gasteiger partial charge on any atom is -0.490 e. The second-order valence-electron chi connectivity index (χ2n) is 10.4. The minimum absolute atomic E-state index is 0.0762. The van der Waals surface area contributed by atoms with Crippen molar-refractivity contribution in [2.24, 2.45) is 0 Å². The zero-order valence-electron chi connectivity index (χ0n) is 22.9. The van der Waals surface area contributed by atoms with Crippen LogP contribution in [-0.4, -0.2) is 19.3 Å². The Morgan fingerprint density at radius 1 is 0.692 bits per heavy atom. The van der Waals surface area contributed by atoms with Crippen molar-refractivity contribution in [3.63, 3.8) is 0 Å². The van der Waals surface area contributed by atoms with Gasteiger partial charge < -0.3 is 9.47 Å². The Morgan fingerprint density at radius 2 is 1.31 bits per heavy atom. The Balaban J connectivity index is 1.45. The van der Waals surface area contributed by atoms with Crippen molar-refractivity contribution in [3.05, 3.63) is 77.4 Å². The summed E-state index contributed by atoms with van der Waals surface area (Å²) >= 11 is 0. The fourth-order valence-electron chi connectivity index (χ4n) is 5.23. The summed E-state index contributed by atoms with van der Waals surface area (Å²) in [5.74, 6) is -4.08. The van der Waals surface area contributed by atoms with Gasteiger partial charge in [-0.15, -0.1) is 0 Å². The lowest BCUT2D eigenvalue weighted by atomic mass is 9.88. The van der Waals surface area contributed by atoms with Crippen LogP contribution >= 0.6 is 0 Å². The Kier molecular flexibility index (Phi) is 10.4. The van der Waals surface area contributed by atoms with Crippen LogP contribution in [-0.2, 0) is 4.74 Å². The van der Waals surface area contributed by atoms with Gasteiger partial charge in [0.25, 0.3) is 0 Å². The highest BCUT2D eigenvalue weighted by Crippen LogP contribution is 2.36. The van der Waals surface area contributed by atoms with E-state index in [-0.39, 0.29) is 28.9 Å². The normalized spacial score (nSPS) is 17.4. The molecule has 1 saturated heterocycles. The van der Waals surface area contributed by atoms with Gasteiger partial charge in [0.05, 0.1) is 19.3 Å². The largest absolute Gasteiger partial charge is 0.490 e. The predicted molar refractivity (Wildman–Crippen MR) is 148 cm³/mol. The second kappa shape index (κ2) is 14.0. The number of rotatable bonds is 12. The molecular weight excluding hydrogens is 504 g/mol. The lowest BCUT2D eigenvalue weighted by Gasteiger charge is -2.29. The number of hydrogen-bond donors (Lipinski definition) is 0. The third-order valence-electron chi connectivity index (χ3n) is 7.61. The van der Waals surface area contributed by atoms with Gasteiger partial charge in [-0.3, -0.25) is 0 Å². The molecule has 0 N–H and O–H groups in total. The van der Waals surface area contributed by atoms with E-state index in [1.165, 1.54) is 18.6 Å². The number of halogens is 4. The summed E-state index contributed by atoms with van der Waals surface area (Å²) < 4.78 is 71.1. The quantitative estimate of drug-likeness (QED) is 0.167. The van der Waals surface area contributed by atoms with E-state index >= 15 is 8.78 Å². The van der Waals surface area contributed by atoms with Crippen LogP contribution in [0.15, 0.2) is 48.5 Å². The van der Waals surface area contributed by atoms with Gasteiger partial charge >= 0.3 is 0 Å². The molecule has 1 fully saturated rings. The van der Waals surface area contributed by atoms with Gasteiger partial charge in [0.15, 0.2) is 23.2 Å². The van der Waals surface area contributed by atoms with Crippen LogP contribution in [0.2, 0.25) is 0 Å². The van der Waals surface area contributed by atoms with Crippen LogP contribution in [0.25, 0.3) is 22.3 Å². The average molecular weight is 543 g/mol. The first-order valence-electron chi connectivity index (χ1n) is 14.3. The van der Waals surface area contributed by atoms with Crippen LogP contribution in [0.4, 0.5) is 17.6 Å². The molecule has 0 aliphatic carbocycles. The summed E-state index contributed by atoms with van der Waals surface area (Å²) in [5, 5.41) is 0. The number of benzene rings is 3. The van der Waals surface area contributed by atoms with Crippen LogP contribution in [0, 0.1) is 23.3 Å². The molecule has 6 heteroatoms. The highest BCUT2D eigenvalue weighted by Gasteiger charge is 2.27. The van der Waals surface area contributed by atoms with Crippen LogP contribution in [0.5, 0.6) is 5.75 Å². The molecule has 3 aromatic carbocycles. The van der Waals surface area contributed by atoms with Crippen molar-refractivity contribution in [3.8, 4) is 28.0 Å². The van der Waals surface area contributed by atoms with Crippen LogP contribution < -0.4 is 4.74 Å². The molecule has 0 saturated carbocycles. The van der Waals surface area contributed by atoms with E-state index in [1.54, 1.807) is 36.4 Å². The molecule has 0 bridgehead atoms. The molecular formula is C33H38F4O2. The number of unbranched alkanes of at least 4 members (excludes halogenated alkanes) is 4. The summed E-state index contributed by atoms with van der Waals surface area (Å²) in [6, 6.07) is 12.4. The molecule has 39 heavy (non-hydrogen) atoms. The average Bonchev–Trinajstić information content (AvgIpc) is 2.96. The number of ether oxygens (including phenoxy) is 2. The summed E-state index contributed by atoms with van der Waals surface area (Å²) in [6.45, 7) is 4.94. The maximum absolute atomic E-state index is 15.2. The summed E-state index contributed by atoms with van der Waals surface area (Å²) in [5.41, 5.74) is 1.42. The molecule has 210 valence electrons. The maximum Gasteiger partial charge on any atom is 0.201 e. The van der Waals surface area contributed by atoms with Gasteiger partial charge in [0, 0.05) is 17.0 Å². The Morgan fingerprint density at radius 3 is 1.92 bits per heavy atom. The fourth-order valence-corrected chi connectivity index (χ4v) is 5.23. The first-order valence-corrected chi connectivity index (χ1v) is 14.3. The van der Waals surface area contributed by atoms with E-state index in [4.69, 9.17) is 9.47 Å². The van der Waals surface area contributed by atoms with E-state index in [1.807, 2.05) is 0 Å². The zero-order valence-corrected chi connectivity index (χ0v) is 22.9. The number of hydrogen-bond acceptors (Lipinski definition) is 2. The second-order valence-corrected chi connectivity index (χ2v) is 10.4. The third kappa shape index (κ3) is 7.02. The SMILES string of the molecule is CCCCCOc1ccc(-c2ccc(-c3ccc(C4CCC(CCCCC)OC4)c(F)c3F)cc2)c(F)c1F. The Labute approximate surface area is 229 Å². The van der Waals surface area contributed by atoms with Crippen molar-refractivity contribution in [1.82, 2.24) is 0 Å². The van der Waals surface area contributed by atoms with E-state index in [0.29, 0.717) is 29.9 Å². The van der Waals surface area contributed by atoms with E-state index in [9.17, 15) is 8.78 Å². The summed E-state index contributed by atoms with van der Waals surface area (Å²) in [6.07, 6.45) is 9.03. The summed E-state index contributed by atoms with van der Waals surface area (Å²) in [7, 11) is 0. The van der Waals surface area contributed by atoms with Gasteiger partial charge in [0.1, 0.15) is 0 Å². The molecule has 3 aromatic rings. The van der Waals surface area contributed by atoms with E-state index < -0.39 is 23.3 Å². The predicted octanol–water partition coefficient (Wildman–Crippen LogP) is 9.99. The minimum atomic E-state index is -1.03. The third-order valence-corrected chi connectivity index (χ3v) is 7.61. The molecule has 2 nitrogen and oxygen atoms in total. The van der Waals surface area contributed by atoms with Crippen molar-refractivity contribution >= 4 is 0 Å². The molecule has 0 amide bonds. The lowest BCUT2D eigenvalue weighted by Crippen LogP contribution is -2.25. The molecule has 2 atom stereocenters. The van der Waals surface area contributed by atoms with E-state index in [2.05, 4.69) is 13.8 Å². The van der Waals surface area contributed by atoms with Gasteiger partial charge in [-0.2, -0.15) is 4.39 Å². The van der Waals surface area contributed by atoms with Crippen molar-refractivity contribution in [2.75, 3.05) is 13.2 Å². The first kappa shape index (κ1) is 29.1. The molecule has 0 radical (unpaired) electrons. The fraction of sp³-hybridized carbons (Fsp3) is 0.455. The zero-order chi connectivity index (χ0) is 27.8. The van der Waals surface area contributed by atoms with Gasteiger partial charge in [-0.05, 0) is 54.5 Å². The first-order chi connectivity index (χ1) is 18.9. The molecule has 2 unspecified atom stereocenters. The molecule has 1 heterocycles. The summed E-state index contributed by atoms with van der Waals surface area (Å²) in [4.78, 5) is 0. The van der Waals surface area contributed by atoms with Gasteiger partial charge in [-0.1, -0.05) is 82.3 Å². The molecule has 0 spiro atoms. The smallest absolute Gasteiger partial charge is 0.201 e. The van der Waals surface area contributed by atoms with Crippen molar-refractivity contribution in [2.45, 2.75) is 83.7 Å². The maximum atomic E-state index is 15.2. The molecule has 0 aromatic heterocycles. The van der Waals surface area contributed by atoms with Gasteiger partial charge in [-0.25, -0.2) is 13.2 Å². The monoisotopic (exact) mass is 542 g/mol. The highest BCUT2D eigenvalue weighted by molar-refractivity contribution is 5.72. The van der Waals surface area contributed by atoms with Crippen LogP contribution in [0.3, 0.4) is 0 Å². The lowest BCUT2D eigenvalue weighted by molar-refractivity contribution is -0.00277. The van der Waals surface area contributed by atoms with Crippen molar-refractivity contribution < 1.29 is 27.0 Å². The molecule has 4 rings (SSSR count). The van der Waals surface area contributed by atoms with Gasteiger partial charge in [0.2, 0.25) is 5.82 Å². The molecule has 1 aliphatic rings. The standard InChI is InChI=1S/C33H38F4O2/c1-3-5-7-9-25-15-14-24(21-39-25)28-17-16-26(30(34)31(28)35)22-10-12-23(13-11-22)27-18-19-29(33(37)32(27)36)38-20-8-6-4-2/h10-13,16-19,24-25H,3-9,14-15,20-21H2,1-2H3. The van der Waals surface area contributed by atoms with Crippen LogP contribution in [0.1, 0.15) is 83.1 Å². The van der Waals surface area contributed by atoms with Crippen molar-refractivity contribution in [1.29, 1.82) is 0 Å². The Bertz CT molecular complexity index is 1220. The van der Waals surface area contributed by atoms with E-state index in [0.717, 1.165) is 51.4 Å². The Hall–Kier alpha value is -2.86. The highest BCUT2D eigenvalue weighted by atomic mass is 19.2. The molecule has 1 aliphatic heterocycles. The topological polar surface area (TPSA) is 18.5 Å².